The van der Waals surface area contributed by atoms with Crippen molar-refractivity contribution in [3.8, 4) is 5.75 Å². The van der Waals surface area contributed by atoms with Gasteiger partial charge in [0.1, 0.15) is 18.2 Å². The fourth-order valence-corrected chi connectivity index (χ4v) is 4.68. The first kappa shape index (κ1) is 22.3. The second-order valence-electron chi connectivity index (χ2n) is 8.62. The van der Waals surface area contributed by atoms with Crippen molar-refractivity contribution in [1.82, 2.24) is 4.90 Å². The number of allylic oxidation sites excluding steroid dienone is 2. The lowest BCUT2D eigenvalue weighted by molar-refractivity contribution is -0.147. The van der Waals surface area contributed by atoms with Crippen molar-refractivity contribution in [2.45, 2.75) is 38.8 Å². The summed E-state index contributed by atoms with van der Waals surface area (Å²) in [6, 6.07) is 12.0. The Bertz CT molecular complexity index is 1120. The average molecular weight is 465 g/mol. The molecule has 2 aromatic rings. The van der Waals surface area contributed by atoms with Crippen LogP contribution in [0.15, 0.2) is 54.6 Å². The number of ether oxygens (including phenoxy) is 3. The van der Waals surface area contributed by atoms with Gasteiger partial charge in [-0.3, -0.25) is 19.3 Å². The topological polar surface area (TPSA) is 82.1 Å². The van der Waals surface area contributed by atoms with Gasteiger partial charge >= 0.3 is 5.97 Å². The summed E-state index contributed by atoms with van der Waals surface area (Å²) >= 11 is 0. The van der Waals surface area contributed by atoms with Gasteiger partial charge in [0.15, 0.2) is 0 Å². The molecule has 3 aliphatic rings. The van der Waals surface area contributed by atoms with Crippen LogP contribution in [0.3, 0.4) is 0 Å². The van der Waals surface area contributed by atoms with E-state index in [1.807, 2.05) is 42.5 Å². The average Bonchev–Trinajstić information content (AvgIpc) is 3.11. The zero-order valence-electron chi connectivity index (χ0n) is 18.4. The normalized spacial score (nSPS) is 23.3. The van der Waals surface area contributed by atoms with Crippen LogP contribution in [-0.4, -0.2) is 29.2 Å². The first-order valence-corrected chi connectivity index (χ1v) is 11.3. The number of fused-ring (bicyclic) bond motifs is 2. The Morgan fingerprint density at radius 1 is 1.06 bits per heavy atom. The molecule has 2 amide bonds. The third-order valence-corrected chi connectivity index (χ3v) is 6.42. The van der Waals surface area contributed by atoms with Crippen molar-refractivity contribution in [2.75, 3.05) is 6.54 Å². The molecule has 1 saturated heterocycles. The van der Waals surface area contributed by atoms with E-state index in [-0.39, 0.29) is 49.8 Å². The SMILES string of the molecule is O=C(CCN1C(=O)[C@H]2CC=CC[C@H]2C1=O)OCc1cc(F)cc2c1O[C@H](c1ccccc1)OC2. The molecule has 0 radical (unpaired) electrons. The number of carbonyl (C=O) groups is 3. The minimum Gasteiger partial charge on any atom is -0.461 e. The predicted octanol–water partition coefficient (Wildman–Crippen LogP) is 3.82. The van der Waals surface area contributed by atoms with Crippen LogP contribution in [0.4, 0.5) is 4.39 Å². The largest absolute Gasteiger partial charge is 0.461 e. The number of carbonyl (C=O) groups excluding carboxylic acids is 3. The summed E-state index contributed by atoms with van der Waals surface area (Å²) in [4.78, 5) is 38.6. The molecule has 0 unspecified atom stereocenters. The molecule has 0 bridgehead atoms. The van der Waals surface area contributed by atoms with Crippen molar-refractivity contribution in [3.63, 3.8) is 0 Å². The van der Waals surface area contributed by atoms with E-state index in [0.717, 1.165) is 5.56 Å². The summed E-state index contributed by atoms with van der Waals surface area (Å²) in [5.74, 6) is -1.76. The molecule has 176 valence electrons. The predicted molar refractivity (Wildman–Crippen MR) is 117 cm³/mol. The van der Waals surface area contributed by atoms with Gasteiger partial charge in [-0.1, -0.05) is 42.5 Å². The Kier molecular flexibility index (Phi) is 6.15. The number of nitrogens with zero attached hydrogens (tertiary/aromatic N) is 1. The van der Waals surface area contributed by atoms with Crippen LogP contribution in [0.25, 0.3) is 0 Å². The van der Waals surface area contributed by atoms with E-state index >= 15 is 0 Å². The van der Waals surface area contributed by atoms with Crippen LogP contribution in [0.2, 0.25) is 0 Å². The Labute approximate surface area is 196 Å². The molecule has 2 aromatic carbocycles. The van der Waals surface area contributed by atoms with Crippen LogP contribution in [0.1, 0.15) is 42.2 Å². The highest BCUT2D eigenvalue weighted by atomic mass is 19.1. The fourth-order valence-electron chi connectivity index (χ4n) is 4.68. The quantitative estimate of drug-likeness (QED) is 0.367. The minimum atomic E-state index is -0.654. The van der Waals surface area contributed by atoms with Gasteiger partial charge in [-0.15, -0.1) is 0 Å². The van der Waals surface area contributed by atoms with Gasteiger partial charge < -0.3 is 14.2 Å². The first-order valence-electron chi connectivity index (χ1n) is 11.3. The first-order chi connectivity index (χ1) is 16.5. The molecule has 2 heterocycles. The molecule has 2 aliphatic heterocycles. The number of likely N-dealkylation sites (tertiary alicyclic amines) is 1. The highest BCUT2D eigenvalue weighted by Crippen LogP contribution is 2.37. The van der Waals surface area contributed by atoms with Gasteiger partial charge in [0, 0.05) is 23.2 Å². The standard InChI is InChI=1S/C26H24FNO6/c27-19-12-17(23-18(13-19)15-33-26(34-23)16-6-2-1-3-7-16)14-32-22(29)10-11-28-24(30)20-8-4-5-9-21(20)25(28)31/h1-7,12-13,20-21,26H,8-11,14-15H2/t20-,21+,26-/m1/s1. The molecule has 0 spiro atoms. The molecule has 8 heteroatoms. The zero-order valence-corrected chi connectivity index (χ0v) is 18.4. The van der Waals surface area contributed by atoms with Crippen LogP contribution in [0.5, 0.6) is 5.75 Å². The Balaban J connectivity index is 1.21. The van der Waals surface area contributed by atoms with E-state index in [9.17, 15) is 18.8 Å². The van der Waals surface area contributed by atoms with E-state index < -0.39 is 18.1 Å². The van der Waals surface area contributed by atoms with Crippen molar-refractivity contribution in [3.05, 3.63) is 77.1 Å². The number of amides is 2. The molecule has 1 aliphatic carbocycles. The number of benzene rings is 2. The van der Waals surface area contributed by atoms with Gasteiger partial charge in [-0.2, -0.15) is 0 Å². The summed E-state index contributed by atoms with van der Waals surface area (Å²) in [7, 11) is 0. The lowest BCUT2D eigenvalue weighted by Gasteiger charge is -2.28. The third kappa shape index (κ3) is 4.33. The highest BCUT2D eigenvalue weighted by Gasteiger charge is 2.47. The second-order valence-corrected chi connectivity index (χ2v) is 8.62. The summed E-state index contributed by atoms with van der Waals surface area (Å²) < 4.78 is 31.2. The third-order valence-electron chi connectivity index (χ3n) is 6.42. The summed E-state index contributed by atoms with van der Waals surface area (Å²) in [6.07, 6.45) is 4.15. The van der Waals surface area contributed by atoms with Gasteiger partial charge in [-0.25, -0.2) is 4.39 Å². The van der Waals surface area contributed by atoms with Crippen LogP contribution < -0.4 is 4.74 Å². The van der Waals surface area contributed by atoms with E-state index in [1.165, 1.54) is 17.0 Å². The number of imide groups is 1. The number of rotatable bonds is 6. The molecular formula is C26H24FNO6. The maximum absolute atomic E-state index is 14.1. The fraction of sp³-hybridized carbons (Fsp3) is 0.346. The van der Waals surface area contributed by atoms with Gasteiger partial charge in [0.05, 0.1) is 24.9 Å². The van der Waals surface area contributed by atoms with Gasteiger partial charge in [0.25, 0.3) is 0 Å². The lowest BCUT2D eigenvalue weighted by Crippen LogP contribution is -2.33. The smallest absolute Gasteiger partial charge is 0.307 e. The van der Waals surface area contributed by atoms with Crippen LogP contribution >= 0.6 is 0 Å². The lowest BCUT2D eigenvalue weighted by atomic mass is 9.85. The molecule has 0 saturated carbocycles. The van der Waals surface area contributed by atoms with Crippen molar-refractivity contribution in [2.24, 2.45) is 11.8 Å². The minimum absolute atomic E-state index is 0.0226. The van der Waals surface area contributed by atoms with Gasteiger partial charge in [-0.05, 0) is 25.0 Å². The van der Waals surface area contributed by atoms with Crippen molar-refractivity contribution >= 4 is 17.8 Å². The molecule has 0 N–H and O–H groups in total. The van der Waals surface area contributed by atoms with Crippen molar-refractivity contribution in [1.29, 1.82) is 0 Å². The molecule has 0 aromatic heterocycles. The zero-order chi connectivity index (χ0) is 23.7. The monoisotopic (exact) mass is 465 g/mol. The van der Waals surface area contributed by atoms with E-state index in [1.54, 1.807) is 0 Å². The van der Waals surface area contributed by atoms with E-state index in [2.05, 4.69) is 0 Å². The Morgan fingerprint density at radius 3 is 2.47 bits per heavy atom. The van der Waals surface area contributed by atoms with Crippen LogP contribution in [-0.2, 0) is 37.1 Å². The summed E-state index contributed by atoms with van der Waals surface area (Å²) in [5, 5.41) is 0. The maximum Gasteiger partial charge on any atom is 0.307 e. The molecule has 7 nitrogen and oxygen atoms in total. The molecule has 3 atom stereocenters. The van der Waals surface area contributed by atoms with E-state index in [4.69, 9.17) is 14.2 Å². The summed E-state index contributed by atoms with van der Waals surface area (Å²) in [6.45, 7) is -0.0628. The number of hydrogen-bond donors (Lipinski definition) is 0. The van der Waals surface area contributed by atoms with Crippen molar-refractivity contribution < 1.29 is 33.0 Å². The second kappa shape index (κ2) is 9.38. The molecule has 5 rings (SSSR count). The summed E-state index contributed by atoms with van der Waals surface area (Å²) in [5.41, 5.74) is 1.73. The number of esters is 1. The molecular weight excluding hydrogens is 441 g/mol. The number of hydrogen-bond acceptors (Lipinski definition) is 6. The van der Waals surface area contributed by atoms with Crippen LogP contribution in [0, 0.1) is 17.7 Å². The highest BCUT2D eigenvalue weighted by molar-refractivity contribution is 6.05. The molecule has 34 heavy (non-hydrogen) atoms. The molecule has 1 fully saturated rings. The Hall–Kier alpha value is -3.52. The maximum atomic E-state index is 14.1. The van der Waals surface area contributed by atoms with E-state index in [0.29, 0.717) is 29.7 Å². The number of halogens is 1. The van der Waals surface area contributed by atoms with Gasteiger partial charge in [0.2, 0.25) is 18.1 Å². The Morgan fingerprint density at radius 2 is 1.76 bits per heavy atom.